The molecule has 0 aromatic heterocycles. The molecule has 1 unspecified atom stereocenters. The zero-order valence-electron chi connectivity index (χ0n) is 7.73. The van der Waals surface area contributed by atoms with E-state index in [1.165, 1.54) is 10.6 Å². The lowest BCUT2D eigenvalue weighted by atomic mass is 10.1. The molecule has 1 aromatic rings. The summed E-state index contributed by atoms with van der Waals surface area (Å²) in [6, 6.07) is 3.97. The first-order valence-corrected chi connectivity index (χ1v) is 4.78. The van der Waals surface area contributed by atoms with Gasteiger partial charge in [0.1, 0.15) is 5.75 Å². The van der Waals surface area contributed by atoms with Gasteiger partial charge < -0.3 is 4.74 Å². The molecule has 4 nitrogen and oxygen atoms in total. The standard InChI is InChI=1S/C10H12N2O2/c11-10-4-7-3-6-1-2-12(13)8(6)5-9(7)14-10/h3,5,10,13H,1-2,4,11H2. The van der Waals surface area contributed by atoms with Crippen LogP contribution in [-0.2, 0) is 12.8 Å². The van der Waals surface area contributed by atoms with Crippen LogP contribution >= 0.6 is 0 Å². The Hall–Kier alpha value is -1.26. The van der Waals surface area contributed by atoms with Crippen LogP contribution in [0.3, 0.4) is 0 Å². The van der Waals surface area contributed by atoms with Crippen LogP contribution in [0.4, 0.5) is 5.69 Å². The second-order valence-electron chi connectivity index (χ2n) is 3.82. The molecule has 74 valence electrons. The molecule has 0 spiro atoms. The molecule has 0 amide bonds. The Morgan fingerprint density at radius 3 is 3.14 bits per heavy atom. The summed E-state index contributed by atoms with van der Waals surface area (Å²) >= 11 is 0. The van der Waals surface area contributed by atoms with Crippen LogP contribution in [0.5, 0.6) is 5.75 Å². The molecule has 2 heterocycles. The van der Waals surface area contributed by atoms with E-state index in [-0.39, 0.29) is 6.23 Å². The second-order valence-corrected chi connectivity index (χ2v) is 3.82. The highest BCUT2D eigenvalue weighted by molar-refractivity contribution is 5.62. The van der Waals surface area contributed by atoms with Crippen molar-refractivity contribution in [1.29, 1.82) is 0 Å². The summed E-state index contributed by atoms with van der Waals surface area (Å²) < 4.78 is 5.42. The summed E-state index contributed by atoms with van der Waals surface area (Å²) in [6.07, 6.45) is 1.45. The first-order valence-electron chi connectivity index (χ1n) is 4.78. The number of anilines is 1. The molecule has 0 aliphatic carbocycles. The fourth-order valence-corrected chi connectivity index (χ4v) is 2.14. The van der Waals surface area contributed by atoms with E-state index in [9.17, 15) is 5.21 Å². The smallest absolute Gasteiger partial charge is 0.151 e. The molecule has 1 atom stereocenters. The molecule has 2 aliphatic rings. The summed E-state index contributed by atoms with van der Waals surface area (Å²) in [7, 11) is 0. The van der Waals surface area contributed by atoms with Crippen LogP contribution in [-0.4, -0.2) is 18.0 Å². The molecule has 0 radical (unpaired) electrons. The van der Waals surface area contributed by atoms with Gasteiger partial charge in [0.05, 0.1) is 5.69 Å². The van der Waals surface area contributed by atoms with Crippen molar-refractivity contribution in [3.05, 3.63) is 23.3 Å². The molecule has 4 heteroatoms. The van der Waals surface area contributed by atoms with Crippen molar-refractivity contribution >= 4 is 5.69 Å². The maximum Gasteiger partial charge on any atom is 0.151 e. The zero-order valence-corrected chi connectivity index (χ0v) is 7.73. The molecular weight excluding hydrogens is 180 g/mol. The molecule has 1 aromatic carbocycles. The van der Waals surface area contributed by atoms with E-state index in [0.717, 1.165) is 29.8 Å². The van der Waals surface area contributed by atoms with Crippen LogP contribution in [0.2, 0.25) is 0 Å². The van der Waals surface area contributed by atoms with Crippen molar-refractivity contribution in [1.82, 2.24) is 0 Å². The molecule has 3 N–H and O–H groups in total. The van der Waals surface area contributed by atoms with Gasteiger partial charge in [-0.15, -0.1) is 0 Å². The molecule has 0 bridgehead atoms. The molecule has 0 saturated heterocycles. The van der Waals surface area contributed by atoms with Gasteiger partial charge in [-0.1, -0.05) is 0 Å². The highest BCUT2D eigenvalue weighted by atomic mass is 16.5. The van der Waals surface area contributed by atoms with Crippen LogP contribution in [0.15, 0.2) is 12.1 Å². The van der Waals surface area contributed by atoms with Crippen molar-refractivity contribution in [2.75, 3.05) is 11.6 Å². The number of fused-ring (bicyclic) bond motifs is 2. The predicted molar refractivity (Wildman–Crippen MR) is 51.6 cm³/mol. The van der Waals surface area contributed by atoms with Gasteiger partial charge in [0.2, 0.25) is 0 Å². The third-order valence-corrected chi connectivity index (χ3v) is 2.83. The third kappa shape index (κ3) is 1.01. The van der Waals surface area contributed by atoms with E-state index < -0.39 is 0 Å². The van der Waals surface area contributed by atoms with Crippen molar-refractivity contribution in [3.8, 4) is 5.75 Å². The number of hydrogen-bond donors (Lipinski definition) is 2. The number of nitrogens with zero attached hydrogens (tertiary/aromatic N) is 1. The van der Waals surface area contributed by atoms with Crippen LogP contribution in [0.25, 0.3) is 0 Å². The fraction of sp³-hybridized carbons (Fsp3) is 0.400. The van der Waals surface area contributed by atoms with Gasteiger partial charge in [-0.2, -0.15) is 0 Å². The van der Waals surface area contributed by atoms with Crippen LogP contribution in [0, 0.1) is 0 Å². The average molecular weight is 192 g/mol. The normalized spacial score (nSPS) is 23.3. The predicted octanol–water partition coefficient (Wildman–Crippen LogP) is 0.658. The number of benzene rings is 1. The van der Waals surface area contributed by atoms with Crippen LogP contribution < -0.4 is 15.5 Å². The van der Waals surface area contributed by atoms with Crippen molar-refractivity contribution in [2.45, 2.75) is 19.1 Å². The Balaban J connectivity index is 2.10. The Kier molecular flexibility index (Phi) is 1.51. The fourth-order valence-electron chi connectivity index (χ4n) is 2.14. The Labute approximate surface area is 81.8 Å². The van der Waals surface area contributed by atoms with E-state index >= 15 is 0 Å². The van der Waals surface area contributed by atoms with Gasteiger partial charge in [-0.05, 0) is 23.6 Å². The van der Waals surface area contributed by atoms with Gasteiger partial charge in [-0.25, -0.2) is 0 Å². The number of ether oxygens (including phenoxy) is 1. The SMILES string of the molecule is NC1Cc2cc3c(cc2O1)N(O)CC3. The molecule has 2 aliphatic heterocycles. The Morgan fingerprint density at radius 2 is 2.29 bits per heavy atom. The lowest BCUT2D eigenvalue weighted by Gasteiger charge is -2.10. The highest BCUT2D eigenvalue weighted by Crippen LogP contribution is 2.37. The van der Waals surface area contributed by atoms with E-state index in [0.29, 0.717) is 6.54 Å². The van der Waals surface area contributed by atoms with Crippen LogP contribution in [0.1, 0.15) is 11.1 Å². The Bertz CT molecular complexity index is 392. The number of rotatable bonds is 0. The summed E-state index contributed by atoms with van der Waals surface area (Å²) in [5.74, 6) is 0.817. The summed E-state index contributed by atoms with van der Waals surface area (Å²) in [5.41, 5.74) is 8.88. The number of nitrogens with two attached hydrogens (primary N) is 1. The van der Waals surface area contributed by atoms with Gasteiger partial charge in [0, 0.05) is 19.0 Å². The third-order valence-electron chi connectivity index (χ3n) is 2.83. The van der Waals surface area contributed by atoms with Gasteiger partial charge in [0.15, 0.2) is 6.23 Å². The monoisotopic (exact) mass is 192 g/mol. The minimum atomic E-state index is -0.223. The summed E-state index contributed by atoms with van der Waals surface area (Å²) in [5, 5.41) is 10.8. The topological polar surface area (TPSA) is 58.7 Å². The molecular formula is C10H12N2O2. The number of hydrogen-bond acceptors (Lipinski definition) is 4. The van der Waals surface area contributed by atoms with E-state index in [1.54, 1.807) is 0 Å². The quantitative estimate of drug-likeness (QED) is 0.634. The number of hydroxylamine groups is 1. The zero-order chi connectivity index (χ0) is 9.71. The molecule has 0 fully saturated rings. The van der Waals surface area contributed by atoms with E-state index in [1.807, 2.05) is 6.07 Å². The summed E-state index contributed by atoms with van der Waals surface area (Å²) in [6.45, 7) is 0.671. The maximum atomic E-state index is 9.53. The van der Waals surface area contributed by atoms with E-state index in [4.69, 9.17) is 10.5 Å². The summed E-state index contributed by atoms with van der Waals surface area (Å²) in [4.78, 5) is 0. The first kappa shape index (κ1) is 8.08. The minimum Gasteiger partial charge on any atom is -0.475 e. The van der Waals surface area contributed by atoms with Crippen molar-refractivity contribution in [3.63, 3.8) is 0 Å². The second kappa shape index (κ2) is 2.62. The van der Waals surface area contributed by atoms with Gasteiger partial charge in [0.25, 0.3) is 0 Å². The largest absolute Gasteiger partial charge is 0.475 e. The Morgan fingerprint density at radius 1 is 1.43 bits per heavy atom. The van der Waals surface area contributed by atoms with Crippen molar-refractivity contribution in [2.24, 2.45) is 5.73 Å². The molecule has 3 rings (SSSR count). The van der Waals surface area contributed by atoms with Gasteiger partial charge >= 0.3 is 0 Å². The lowest BCUT2D eigenvalue weighted by molar-refractivity contribution is 0.240. The molecule has 14 heavy (non-hydrogen) atoms. The van der Waals surface area contributed by atoms with Gasteiger partial charge in [-0.3, -0.25) is 16.0 Å². The molecule has 0 saturated carbocycles. The maximum absolute atomic E-state index is 9.53. The average Bonchev–Trinajstić information content (AvgIpc) is 2.66. The first-order chi connectivity index (χ1) is 6.74. The van der Waals surface area contributed by atoms with E-state index in [2.05, 4.69) is 6.07 Å². The minimum absolute atomic E-state index is 0.223. The highest BCUT2D eigenvalue weighted by Gasteiger charge is 2.25. The lowest BCUT2D eigenvalue weighted by Crippen LogP contribution is -2.23. The van der Waals surface area contributed by atoms with Crippen molar-refractivity contribution < 1.29 is 9.94 Å².